The summed E-state index contributed by atoms with van der Waals surface area (Å²) in [5, 5.41) is 0.953. The lowest BCUT2D eigenvalue weighted by Crippen LogP contribution is -2.52. The van der Waals surface area contributed by atoms with E-state index in [0.717, 1.165) is 35.3 Å². The quantitative estimate of drug-likeness (QED) is 0.798. The molecular formula is C17H24N6O2S. The molecule has 2 aliphatic heterocycles. The summed E-state index contributed by atoms with van der Waals surface area (Å²) in [7, 11) is -3.33. The number of hydrogen-bond donors (Lipinski definition) is 0. The van der Waals surface area contributed by atoms with Crippen molar-refractivity contribution >= 4 is 27.1 Å². The number of nitrogens with zero attached hydrogens (tertiary/aromatic N) is 6. The highest BCUT2D eigenvalue weighted by atomic mass is 32.2. The average Bonchev–Trinajstić information content (AvgIpc) is 3.16. The van der Waals surface area contributed by atoms with Crippen LogP contribution in [0.25, 0.3) is 11.0 Å². The molecule has 0 aromatic carbocycles. The Balaban J connectivity index is 1.56. The number of pyridine rings is 1. The van der Waals surface area contributed by atoms with Gasteiger partial charge in [0.2, 0.25) is 0 Å². The van der Waals surface area contributed by atoms with Crippen molar-refractivity contribution in [3.05, 3.63) is 23.7 Å². The summed E-state index contributed by atoms with van der Waals surface area (Å²) in [6.07, 6.45) is 3.45. The minimum Gasteiger partial charge on any atom is -0.353 e. The van der Waals surface area contributed by atoms with Crippen LogP contribution in [0.2, 0.25) is 0 Å². The highest BCUT2D eigenvalue weighted by Crippen LogP contribution is 2.27. The van der Waals surface area contributed by atoms with E-state index in [2.05, 4.69) is 19.9 Å². The lowest BCUT2D eigenvalue weighted by atomic mass is 10.1. The molecule has 0 bridgehead atoms. The molecule has 140 valence electrons. The van der Waals surface area contributed by atoms with Crippen LogP contribution in [0.15, 0.2) is 12.4 Å². The second-order valence-electron chi connectivity index (χ2n) is 6.98. The van der Waals surface area contributed by atoms with E-state index in [1.165, 1.54) is 6.33 Å². The second kappa shape index (κ2) is 6.71. The van der Waals surface area contributed by atoms with Crippen LogP contribution < -0.4 is 4.90 Å². The van der Waals surface area contributed by atoms with Crippen LogP contribution in [0.5, 0.6) is 0 Å². The minimum absolute atomic E-state index is 0.475. The van der Waals surface area contributed by atoms with Crippen molar-refractivity contribution in [1.82, 2.24) is 23.6 Å². The number of anilines is 1. The summed E-state index contributed by atoms with van der Waals surface area (Å²) < 4.78 is 28.7. The molecule has 2 fully saturated rings. The van der Waals surface area contributed by atoms with E-state index in [-0.39, 0.29) is 0 Å². The fourth-order valence-electron chi connectivity index (χ4n) is 3.84. The van der Waals surface area contributed by atoms with Crippen molar-refractivity contribution in [1.29, 1.82) is 0 Å². The first-order chi connectivity index (χ1) is 12.5. The molecule has 8 nitrogen and oxygen atoms in total. The molecule has 4 heterocycles. The van der Waals surface area contributed by atoms with Crippen LogP contribution in [0, 0.1) is 13.8 Å². The maximum Gasteiger partial charge on any atom is 0.282 e. The predicted molar refractivity (Wildman–Crippen MR) is 100 cm³/mol. The normalized spacial score (nSPS) is 20.2. The van der Waals surface area contributed by atoms with E-state index < -0.39 is 10.2 Å². The molecule has 0 radical (unpaired) electrons. The van der Waals surface area contributed by atoms with Gasteiger partial charge in [0.05, 0.1) is 5.39 Å². The summed E-state index contributed by atoms with van der Waals surface area (Å²) in [6.45, 7) is 7.46. The third kappa shape index (κ3) is 3.04. The third-order valence-corrected chi connectivity index (χ3v) is 7.20. The Kier molecular flexibility index (Phi) is 4.54. The van der Waals surface area contributed by atoms with Gasteiger partial charge in [-0.15, -0.1) is 0 Å². The van der Waals surface area contributed by atoms with Gasteiger partial charge in [0.1, 0.15) is 12.1 Å². The second-order valence-corrected chi connectivity index (χ2v) is 8.90. The van der Waals surface area contributed by atoms with Crippen LogP contribution in [-0.4, -0.2) is 71.2 Å². The topological polar surface area (TPSA) is 82.5 Å². The van der Waals surface area contributed by atoms with Gasteiger partial charge in [-0.1, -0.05) is 0 Å². The van der Waals surface area contributed by atoms with Crippen LogP contribution in [0.4, 0.5) is 5.82 Å². The molecule has 0 atom stereocenters. The van der Waals surface area contributed by atoms with Gasteiger partial charge in [-0.25, -0.2) is 15.0 Å². The number of piperazine rings is 1. The third-order valence-electron chi connectivity index (χ3n) is 5.17. The highest BCUT2D eigenvalue weighted by molar-refractivity contribution is 7.86. The van der Waals surface area contributed by atoms with Crippen molar-refractivity contribution in [2.45, 2.75) is 26.7 Å². The van der Waals surface area contributed by atoms with Crippen molar-refractivity contribution < 1.29 is 8.42 Å². The average molecular weight is 376 g/mol. The van der Waals surface area contributed by atoms with Crippen LogP contribution >= 0.6 is 0 Å². The minimum atomic E-state index is -3.33. The maximum atomic E-state index is 12.7. The Morgan fingerprint density at radius 2 is 1.58 bits per heavy atom. The van der Waals surface area contributed by atoms with Crippen molar-refractivity contribution in [2.24, 2.45) is 0 Å². The Bertz CT molecular complexity index is 918. The number of hydrogen-bond acceptors (Lipinski definition) is 6. The molecule has 0 saturated carbocycles. The summed E-state index contributed by atoms with van der Waals surface area (Å²) in [4.78, 5) is 15.4. The zero-order valence-electron chi connectivity index (χ0n) is 15.2. The largest absolute Gasteiger partial charge is 0.353 e. The Labute approximate surface area is 154 Å². The molecule has 2 aromatic heterocycles. The van der Waals surface area contributed by atoms with Crippen molar-refractivity contribution in [2.75, 3.05) is 44.2 Å². The van der Waals surface area contributed by atoms with E-state index in [4.69, 9.17) is 0 Å². The number of aryl methyl sites for hydroxylation is 2. The molecule has 0 aliphatic carbocycles. The Morgan fingerprint density at radius 1 is 0.923 bits per heavy atom. The smallest absolute Gasteiger partial charge is 0.282 e. The molecule has 4 rings (SSSR count). The molecule has 2 saturated heterocycles. The van der Waals surface area contributed by atoms with Crippen LogP contribution in [-0.2, 0) is 10.2 Å². The van der Waals surface area contributed by atoms with Gasteiger partial charge >= 0.3 is 0 Å². The molecular weight excluding hydrogens is 352 g/mol. The van der Waals surface area contributed by atoms with Gasteiger partial charge in [0, 0.05) is 45.0 Å². The molecule has 2 aliphatic rings. The van der Waals surface area contributed by atoms with E-state index in [1.807, 2.05) is 19.9 Å². The van der Waals surface area contributed by atoms with Crippen LogP contribution in [0.1, 0.15) is 24.1 Å². The van der Waals surface area contributed by atoms with E-state index in [0.29, 0.717) is 44.9 Å². The van der Waals surface area contributed by atoms with Gasteiger partial charge in [-0.2, -0.15) is 17.0 Å². The predicted octanol–water partition coefficient (Wildman–Crippen LogP) is 1.10. The van der Waals surface area contributed by atoms with Gasteiger partial charge in [0.15, 0.2) is 5.65 Å². The zero-order chi connectivity index (χ0) is 18.3. The lowest BCUT2D eigenvalue weighted by molar-refractivity contribution is 0.343. The molecule has 2 aromatic rings. The first kappa shape index (κ1) is 17.6. The monoisotopic (exact) mass is 376 g/mol. The first-order valence-electron chi connectivity index (χ1n) is 9.06. The van der Waals surface area contributed by atoms with Gasteiger partial charge in [0.25, 0.3) is 10.2 Å². The van der Waals surface area contributed by atoms with E-state index in [1.54, 1.807) is 8.61 Å². The summed E-state index contributed by atoms with van der Waals surface area (Å²) in [6, 6.07) is 2.03. The highest BCUT2D eigenvalue weighted by Gasteiger charge is 2.34. The fourth-order valence-corrected chi connectivity index (χ4v) is 5.51. The standard InChI is InChI=1S/C17H24N6O2S/c1-13-11-14(2)20-16-15(13)17(19-12-18-16)21-7-9-23(10-8-21)26(24,25)22-5-3-4-6-22/h11-12H,3-10H2,1-2H3. The Morgan fingerprint density at radius 3 is 2.27 bits per heavy atom. The summed E-state index contributed by atoms with van der Waals surface area (Å²) >= 11 is 0. The van der Waals surface area contributed by atoms with Gasteiger partial charge in [-0.05, 0) is 38.3 Å². The van der Waals surface area contributed by atoms with E-state index >= 15 is 0 Å². The summed E-state index contributed by atoms with van der Waals surface area (Å²) in [5.41, 5.74) is 2.72. The van der Waals surface area contributed by atoms with Crippen LogP contribution in [0.3, 0.4) is 0 Å². The first-order valence-corrected chi connectivity index (χ1v) is 10.5. The molecule has 0 N–H and O–H groups in total. The van der Waals surface area contributed by atoms with Gasteiger partial charge < -0.3 is 4.90 Å². The Hall–Kier alpha value is -1.84. The fraction of sp³-hybridized carbons (Fsp3) is 0.588. The summed E-state index contributed by atoms with van der Waals surface area (Å²) in [5.74, 6) is 0.846. The van der Waals surface area contributed by atoms with Crippen molar-refractivity contribution in [3.8, 4) is 0 Å². The number of rotatable bonds is 3. The molecule has 0 amide bonds. The molecule has 26 heavy (non-hydrogen) atoms. The number of aromatic nitrogens is 3. The molecule has 0 spiro atoms. The van der Waals surface area contributed by atoms with E-state index in [9.17, 15) is 8.42 Å². The van der Waals surface area contributed by atoms with Crippen molar-refractivity contribution in [3.63, 3.8) is 0 Å². The maximum absolute atomic E-state index is 12.7. The molecule has 0 unspecified atom stereocenters. The lowest BCUT2D eigenvalue weighted by Gasteiger charge is -2.36. The zero-order valence-corrected chi connectivity index (χ0v) is 16.0. The van der Waals surface area contributed by atoms with Gasteiger partial charge in [-0.3, -0.25) is 0 Å². The molecule has 9 heteroatoms. The number of fused-ring (bicyclic) bond motifs is 1. The SMILES string of the molecule is Cc1cc(C)c2c(N3CCN(S(=O)(=O)N4CCCC4)CC3)ncnc2n1.